The number of carbonyl (C=O) groups excluding carboxylic acids is 1. The molecule has 0 fully saturated rings. The molecule has 0 saturated carbocycles. The Morgan fingerprint density at radius 1 is 1.12 bits per heavy atom. The van der Waals surface area contributed by atoms with Crippen LogP contribution in [-0.4, -0.2) is 10.8 Å². The van der Waals surface area contributed by atoms with Gasteiger partial charge in [0.1, 0.15) is 0 Å². The van der Waals surface area contributed by atoms with Crippen molar-refractivity contribution in [1.82, 2.24) is 4.98 Å². The molecule has 0 aromatic carbocycles. The predicted molar refractivity (Wildman–Crippen MR) is 68.9 cm³/mol. The first-order valence-corrected chi connectivity index (χ1v) is 6.26. The molecule has 0 bridgehead atoms. The van der Waals surface area contributed by atoms with E-state index in [1.807, 2.05) is 40.7 Å². The van der Waals surface area contributed by atoms with Gasteiger partial charge in [-0.1, -0.05) is 27.7 Å². The number of fused-ring (bicyclic) bond motifs is 1. The fourth-order valence-electron chi connectivity index (χ4n) is 1.65. The van der Waals surface area contributed by atoms with E-state index in [0.29, 0.717) is 6.42 Å². The number of ketones is 1. The third-order valence-corrected chi connectivity index (χ3v) is 2.28. The summed E-state index contributed by atoms with van der Waals surface area (Å²) in [6, 6.07) is 2.02. The van der Waals surface area contributed by atoms with Crippen LogP contribution in [0.15, 0.2) is 12.3 Å². The minimum absolute atomic E-state index is 0.253. The van der Waals surface area contributed by atoms with Gasteiger partial charge in [0, 0.05) is 23.9 Å². The number of nitrogens with zero attached hydrogens (tertiary/aromatic N) is 1. The molecule has 0 radical (unpaired) electrons. The lowest BCUT2D eigenvalue weighted by Crippen LogP contribution is -2.11. The molecule has 1 aliphatic rings. The zero-order valence-electron chi connectivity index (χ0n) is 11.1. The molecule has 1 heterocycles. The summed E-state index contributed by atoms with van der Waals surface area (Å²) in [5.41, 5.74) is 3.02. The molecule has 0 saturated heterocycles. The Labute approximate surface area is 99.1 Å². The first-order chi connectivity index (χ1) is 7.77. The summed E-state index contributed by atoms with van der Waals surface area (Å²) in [5, 5.41) is 0. The van der Waals surface area contributed by atoms with E-state index in [-0.39, 0.29) is 5.78 Å². The zero-order chi connectivity index (χ0) is 12.6. The van der Waals surface area contributed by atoms with Gasteiger partial charge in [-0.25, -0.2) is 0 Å². The smallest absolute Gasteiger partial charge is 0.164 e. The fourth-order valence-corrected chi connectivity index (χ4v) is 1.65. The van der Waals surface area contributed by atoms with Crippen LogP contribution in [-0.2, 0) is 6.42 Å². The van der Waals surface area contributed by atoms with Gasteiger partial charge in [-0.15, -0.1) is 0 Å². The van der Waals surface area contributed by atoms with Crippen LogP contribution >= 0.6 is 0 Å². The summed E-state index contributed by atoms with van der Waals surface area (Å²) in [4.78, 5) is 15.5. The largest absolute Gasteiger partial charge is 0.294 e. The molecule has 1 aliphatic carbocycles. The van der Waals surface area contributed by atoms with Gasteiger partial charge in [-0.05, 0) is 31.4 Å². The molecule has 0 atom stereocenters. The molecule has 90 valence electrons. The Morgan fingerprint density at radius 3 is 2.38 bits per heavy atom. The van der Waals surface area contributed by atoms with E-state index in [2.05, 4.69) is 4.98 Å². The second kappa shape index (κ2) is 8.03. The third kappa shape index (κ3) is 3.76. The average molecular weight is 221 g/mol. The van der Waals surface area contributed by atoms with Crippen LogP contribution < -0.4 is 0 Å². The van der Waals surface area contributed by atoms with Crippen molar-refractivity contribution in [3.63, 3.8) is 0 Å². The van der Waals surface area contributed by atoms with Crippen LogP contribution in [0.2, 0.25) is 0 Å². The number of hydrogen-bond donors (Lipinski definition) is 0. The lowest BCUT2D eigenvalue weighted by Gasteiger charge is -2.13. The first-order valence-electron chi connectivity index (χ1n) is 6.26. The molecule has 2 heteroatoms. The average Bonchev–Trinajstić information content (AvgIpc) is 2.34. The molecule has 0 N–H and O–H groups in total. The first kappa shape index (κ1) is 14.8. The standard InChI is InChI=1S/C10H11NO.2C2H6/c1-7-5-8-3-2-4-10(12)9(8)6-11-7;2*1-2/h5-6H,2-4H2,1H3;2*1-2H3. The Hall–Kier alpha value is -1.18. The van der Waals surface area contributed by atoms with E-state index in [1.54, 1.807) is 6.20 Å². The second-order valence-corrected chi connectivity index (χ2v) is 3.26. The summed E-state index contributed by atoms with van der Waals surface area (Å²) < 4.78 is 0. The molecule has 0 aliphatic heterocycles. The summed E-state index contributed by atoms with van der Waals surface area (Å²) in [6.45, 7) is 9.96. The number of aryl methyl sites for hydroxylation is 2. The van der Waals surface area contributed by atoms with Crippen LogP contribution in [0.3, 0.4) is 0 Å². The van der Waals surface area contributed by atoms with Gasteiger partial charge in [0.15, 0.2) is 5.78 Å². The quantitative estimate of drug-likeness (QED) is 0.663. The molecule has 1 aromatic rings. The van der Waals surface area contributed by atoms with Gasteiger partial charge in [-0.3, -0.25) is 9.78 Å². The van der Waals surface area contributed by atoms with Crippen LogP contribution in [0.4, 0.5) is 0 Å². The Kier molecular flexibility index (Phi) is 7.44. The van der Waals surface area contributed by atoms with Crippen molar-refractivity contribution < 1.29 is 4.79 Å². The molecule has 0 amide bonds. The van der Waals surface area contributed by atoms with Crippen molar-refractivity contribution in [3.05, 3.63) is 29.1 Å². The van der Waals surface area contributed by atoms with Crippen LogP contribution in [0.5, 0.6) is 0 Å². The van der Waals surface area contributed by atoms with E-state index in [4.69, 9.17) is 0 Å². The third-order valence-electron chi connectivity index (χ3n) is 2.28. The van der Waals surface area contributed by atoms with Crippen molar-refractivity contribution >= 4 is 5.78 Å². The van der Waals surface area contributed by atoms with E-state index >= 15 is 0 Å². The van der Waals surface area contributed by atoms with Crippen molar-refractivity contribution in [2.24, 2.45) is 0 Å². The van der Waals surface area contributed by atoms with Crippen molar-refractivity contribution in [2.45, 2.75) is 53.9 Å². The number of carbonyl (C=O) groups is 1. The lowest BCUT2D eigenvalue weighted by atomic mass is 9.92. The monoisotopic (exact) mass is 221 g/mol. The summed E-state index contributed by atoms with van der Waals surface area (Å²) in [6.07, 6.45) is 4.43. The number of pyridine rings is 1. The van der Waals surface area contributed by atoms with E-state index in [9.17, 15) is 4.79 Å². The van der Waals surface area contributed by atoms with Gasteiger partial charge < -0.3 is 0 Å². The van der Waals surface area contributed by atoms with Crippen molar-refractivity contribution in [1.29, 1.82) is 0 Å². The molecule has 2 rings (SSSR count). The Balaban J connectivity index is 0.000000509. The SMILES string of the molecule is CC.CC.Cc1cc2c(cn1)C(=O)CCC2. The fraction of sp³-hybridized carbons (Fsp3) is 0.571. The van der Waals surface area contributed by atoms with Gasteiger partial charge >= 0.3 is 0 Å². The van der Waals surface area contributed by atoms with E-state index in [0.717, 1.165) is 24.1 Å². The highest BCUT2D eigenvalue weighted by Crippen LogP contribution is 2.20. The Morgan fingerprint density at radius 2 is 1.75 bits per heavy atom. The highest BCUT2D eigenvalue weighted by atomic mass is 16.1. The number of Topliss-reactive ketones (excluding diaryl/α,β-unsaturated/α-hetero) is 1. The number of aromatic nitrogens is 1. The maximum Gasteiger partial charge on any atom is 0.164 e. The summed E-state index contributed by atoms with van der Waals surface area (Å²) in [7, 11) is 0. The predicted octanol–water partition coefficient (Wildman–Crippen LogP) is 3.96. The maximum atomic E-state index is 11.4. The van der Waals surface area contributed by atoms with Crippen LogP contribution in [0, 0.1) is 6.92 Å². The Bertz CT molecular complexity index is 332. The zero-order valence-corrected chi connectivity index (χ0v) is 11.1. The normalized spacial score (nSPS) is 12.7. The van der Waals surface area contributed by atoms with Gasteiger partial charge in [0.25, 0.3) is 0 Å². The highest BCUT2D eigenvalue weighted by molar-refractivity contribution is 5.98. The lowest BCUT2D eigenvalue weighted by molar-refractivity contribution is 0.0972. The topological polar surface area (TPSA) is 30.0 Å². The van der Waals surface area contributed by atoms with Crippen LogP contribution in [0.1, 0.15) is 62.2 Å². The number of rotatable bonds is 0. The maximum absolute atomic E-state index is 11.4. The van der Waals surface area contributed by atoms with Gasteiger partial charge in [-0.2, -0.15) is 0 Å². The van der Waals surface area contributed by atoms with Crippen molar-refractivity contribution in [2.75, 3.05) is 0 Å². The minimum atomic E-state index is 0.253. The van der Waals surface area contributed by atoms with E-state index < -0.39 is 0 Å². The molecular weight excluding hydrogens is 198 g/mol. The minimum Gasteiger partial charge on any atom is -0.294 e. The van der Waals surface area contributed by atoms with Crippen LogP contribution in [0.25, 0.3) is 0 Å². The second-order valence-electron chi connectivity index (χ2n) is 3.26. The van der Waals surface area contributed by atoms with E-state index in [1.165, 1.54) is 5.56 Å². The number of hydrogen-bond acceptors (Lipinski definition) is 2. The molecule has 2 nitrogen and oxygen atoms in total. The molecule has 16 heavy (non-hydrogen) atoms. The van der Waals surface area contributed by atoms with Gasteiger partial charge in [0.2, 0.25) is 0 Å². The molecule has 0 spiro atoms. The molecule has 0 unspecified atom stereocenters. The van der Waals surface area contributed by atoms with Crippen molar-refractivity contribution in [3.8, 4) is 0 Å². The highest BCUT2D eigenvalue weighted by Gasteiger charge is 2.16. The molecule has 1 aromatic heterocycles. The summed E-state index contributed by atoms with van der Waals surface area (Å²) in [5.74, 6) is 0.253. The molecular formula is C14H23NO. The summed E-state index contributed by atoms with van der Waals surface area (Å²) >= 11 is 0. The van der Waals surface area contributed by atoms with Gasteiger partial charge in [0.05, 0.1) is 0 Å².